The number of nitrogens with one attached hydrogen (secondary N) is 1. The summed E-state index contributed by atoms with van der Waals surface area (Å²) in [4.78, 5) is 15.2. The largest absolute Gasteiger partial charge is 0.393 e. The zero-order chi connectivity index (χ0) is 19.7. The monoisotopic (exact) mass is 412 g/mol. The van der Waals surface area contributed by atoms with E-state index in [1.54, 1.807) is 23.1 Å². The highest BCUT2D eigenvalue weighted by atomic mass is 35.5. The number of benzene rings is 3. The first kappa shape index (κ1) is 18.8. The highest BCUT2D eigenvalue weighted by Crippen LogP contribution is 2.45. The number of aliphatic hydroxyl groups is 1. The molecule has 1 aliphatic heterocycles. The Morgan fingerprint density at radius 2 is 1.54 bits per heavy atom. The number of amides is 1. The summed E-state index contributed by atoms with van der Waals surface area (Å²) in [6.07, 6.45) is 0. The van der Waals surface area contributed by atoms with Gasteiger partial charge in [0.15, 0.2) is 5.54 Å². The molecule has 1 heterocycles. The van der Waals surface area contributed by atoms with Gasteiger partial charge in [-0.2, -0.15) is 0 Å². The summed E-state index contributed by atoms with van der Waals surface area (Å²) >= 11 is 12.6. The van der Waals surface area contributed by atoms with Gasteiger partial charge in [-0.05, 0) is 23.8 Å². The molecule has 2 N–H and O–H groups in total. The molecule has 1 aliphatic rings. The number of nitrogens with zero attached hydrogens (tertiary/aromatic N) is 1. The van der Waals surface area contributed by atoms with Crippen molar-refractivity contribution in [3.05, 3.63) is 94.0 Å². The van der Waals surface area contributed by atoms with Crippen molar-refractivity contribution in [1.29, 1.82) is 0 Å². The van der Waals surface area contributed by atoms with E-state index in [-0.39, 0.29) is 5.91 Å². The van der Waals surface area contributed by atoms with E-state index < -0.39 is 12.1 Å². The van der Waals surface area contributed by atoms with Crippen molar-refractivity contribution in [2.24, 2.45) is 0 Å². The van der Waals surface area contributed by atoms with Gasteiger partial charge in [0.25, 0.3) is 5.91 Å². The van der Waals surface area contributed by atoms with E-state index in [0.29, 0.717) is 27.8 Å². The van der Waals surface area contributed by atoms with Crippen LogP contribution >= 0.6 is 23.2 Å². The topological polar surface area (TPSA) is 52.6 Å². The third-order valence-electron chi connectivity index (χ3n) is 4.99. The van der Waals surface area contributed by atoms with Crippen LogP contribution in [0.15, 0.2) is 72.8 Å². The number of halogens is 2. The quantitative estimate of drug-likeness (QED) is 0.630. The Bertz CT molecular complexity index is 1010. The lowest BCUT2D eigenvalue weighted by Crippen LogP contribution is -2.48. The number of hydrogen-bond acceptors (Lipinski definition) is 3. The maximum Gasteiger partial charge on any atom is 0.260 e. The van der Waals surface area contributed by atoms with Crippen LogP contribution in [0.4, 0.5) is 11.4 Å². The average Bonchev–Trinajstić information content (AvgIpc) is 2.94. The highest BCUT2D eigenvalue weighted by molar-refractivity contribution is 6.39. The molecule has 1 atom stereocenters. The Hall–Kier alpha value is -2.53. The first-order valence-electron chi connectivity index (χ1n) is 8.85. The second-order valence-electron chi connectivity index (χ2n) is 6.68. The summed E-state index contributed by atoms with van der Waals surface area (Å²) in [6, 6.07) is 22.3. The van der Waals surface area contributed by atoms with Gasteiger partial charge in [0.1, 0.15) is 0 Å². The Labute approximate surface area is 173 Å². The molecule has 3 aromatic rings. The second kappa shape index (κ2) is 7.47. The fourth-order valence-corrected chi connectivity index (χ4v) is 4.08. The van der Waals surface area contributed by atoms with Crippen molar-refractivity contribution in [2.75, 3.05) is 16.8 Å². The molecule has 0 fully saturated rings. The van der Waals surface area contributed by atoms with Crippen molar-refractivity contribution < 1.29 is 9.90 Å². The molecule has 1 amide bonds. The maximum absolute atomic E-state index is 13.6. The zero-order valence-electron chi connectivity index (χ0n) is 14.9. The summed E-state index contributed by atoms with van der Waals surface area (Å²) in [6.45, 7) is -0.0357. The van der Waals surface area contributed by atoms with Gasteiger partial charge in [-0.1, -0.05) is 77.8 Å². The van der Waals surface area contributed by atoms with Crippen molar-refractivity contribution in [1.82, 2.24) is 0 Å². The van der Waals surface area contributed by atoms with Crippen LogP contribution in [0.5, 0.6) is 0 Å². The van der Waals surface area contributed by atoms with Gasteiger partial charge in [0, 0.05) is 5.56 Å². The van der Waals surface area contributed by atoms with Crippen LogP contribution in [-0.4, -0.2) is 17.6 Å². The first-order valence-corrected chi connectivity index (χ1v) is 9.61. The summed E-state index contributed by atoms with van der Waals surface area (Å²) in [5.41, 5.74) is 1.50. The number of carbonyl (C=O) groups excluding carboxylic acids is 1. The van der Waals surface area contributed by atoms with E-state index in [9.17, 15) is 9.90 Å². The number of carbonyl (C=O) groups is 1. The lowest BCUT2D eigenvalue weighted by atomic mass is 9.91. The van der Waals surface area contributed by atoms with E-state index in [0.717, 1.165) is 11.3 Å². The lowest BCUT2D eigenvalue weighted by Gasteiger charge is -2.30. The van der Waals surface area contributed by atoms with Crippen LogP contribution in [0.3, 0.4) is 0 Å². The number of fused-ring (bicyclic) bond motifs is 1. The summed E-state index contributed by atoms with van der Waals surface area (Å²) in [5.74, 6) is -0.254. The van der Waals surface area contributed by atoms with E-state index in [2.05, 4.69) is 5.32 Å². The molecule has 0 aliphatic carbocycles. The third kappa shape index (κ3) is 3.04. The van der Waals surface area contributed by atoms with Gasteiger partial charge < -0.3 is 15.3 Å². The van der Waals surface area contributed by atoms with E-state index in [4.69, 9.17) is 23.2 Å². The number of hydrogen-bond donors (Lipinski definition) is 2. The van der Waals surface area contributed by atoms with Gasteiger partial charge in [0.05, 0.1) is 34.6 Å². The van der Waals surface area contributed by atoms with Crippen LogP contribution in [0, 0.1) is 0 Å². The predicted molar refractivity (Wildman–Crippen MR) is 113 cm³/mol. The van der Waals surface area contributed by atoms with Crippen LogP contribution in [0.25, 0.3) is 0 Å². The standard InChI is InChI=1S/C22H18Cl2N2O2/c23-17-10-6-11-18(24)20(17)25-22(14-27)16-9-4-5-12-19(16)26(21(22)28)13-15-7-2-1-3-8-15/h1-12,25,27H,13-14H2/t22-/m1/s1. The Balaban J connectivity index is 1.80. The summed E-state index contributed by atoms with van der Waals surface area (Å²) in [7, 11) is 0. The van der Waals surface area contributed by atoms with Crippen molar-refractivity contribution in [3.63, 3.8) is 0 Å². The predicted octanol–water partition coefficient (Wildman–Crippen LogP) is 4.84. The molecule has 0 saturated heterocycles. The normalized spacial score (nSPS) is 18.2. The average molecular weight is 413 g/mol. The van der Waals surface area contributed by atoms with Gasteiger partial charge in [-0.25, -0.2) is 0 Å². The summed E-state index contributed by atoms with van der Waals surface area (Å²) < 4.78 is 0. The molecule has 142 valence electrons. The molecule has 3 aromatic carbocycles. The Kier molecular flexibility index (Phi) is 5.02. The van der Waals surface area contributed by atoms with E-state index >= 15 is 0 Å². The van der Waals surface area contributed by atoms with Gasteiger partial charge in [-0.15, -0.1) is 0 Å². The first-order chi connectivity index (χ1) is 13.6. The minimum atomic E-state index is -1.36. The molecule has 0 bridgehead atoms. The van der Waals surface area contributed by atoms with E-state index in [1.807, 2.05) is 54.6 Å². The molecule has 4 rings (SSSR count). The third-order valence-corrected chi connectivity index (χ3v) is 5.62. The second-order valence-corrected chi connectivity index (χ2v) is 7.49. The highest BCUT2D eigenvalue weighted by Gasteiger charge is 2.51. The molecule has 6 heteroatoms. The molecular formula is C22H18Cl2N2O2. The van der Waals surface area contributed by atoms with Crippen molar-refractivity contribution in [3.8, 4) is 0 Å². The van der Waals surface area contributed by atoms with Crippen LogP contribution in [0.1, 0.15) is 11.1 Å². The lowest BCUT2D eigenvalue weighted by molar-refractivity contribution is -0.123. The van der Waals surface area contributed by atoms with E-state index in [1.165, 1.54) is 0 Å². The molecule has 0 unspecified atom stereocenters. The minimum absolute atomic E-state index is 0.254. The molecule has 0 aromatic heterocycles. The van der Waals surface area contributed by atoms with Crippen molar-refractivity contribution >= 4 is 40.5 Å². The van der Waals surface area contributed by atoms with Gasteiger partial charge >= 0.3 is 0 Å². The number of para-hydroxylation sites is 2. The molecule has 0 spiro atoms. The molecular weight excluding hydrogens is 395 g/mol. The Morgan fingerprint density at radius 3 is 2.21 bits per heavy atom. The molecule has 0 radical (unpaired) electrons. The zero-order valence-corrected chi connectivity index (χ0v) is 16.4. The van der Waals surface area contributed by atoms with Crippen LogP contribution in [-0.2, 0) is 16.9 Å². The smallest absolute Gasteiger partial charge is 0.260 e. The Morgan fingerprint density at radius 1 is 0.893 bits per heavy atom. The SMILES string of the molecule is O=C1N(Cc2ccccc2)c2ccccc2[C@@]1(CO)Nc1c(Cl)cccc1Cl. The number of anilines is 2. The fourth-order valence-electron chi connectivity index (χ4n) is 3.59. The molecule has 0 saturated carbocycles. The van der Waals surface area contributed by atoms with Crippen LogP contribution < -0.4 is 10.2 Å². The van der Waals surface area contributed by atoms with Gasteiger partial charge in [0.2, 0.25) is 0 Å². The fraction of sp³-hybridized carbons (Fsp3) is 0.136. The number of rotatable bonds is 5. The van der Waals surface area contributed by atoms with Gasteiger partial charge in [-0.3, -0.25) is 4.79 Å². The minimum Gasteiger partial charge on any atom is -0.393 e. The van der Waals surface area contributed by atoms with Crippen molar-refractivity contribution in [2.45, 2.75) is 12.1 Å². The number of aliphatic hydroxyl groups excluding tert-OH is 1. The maximum atomic E-state index is 13.6. The molecule has 28 heavy (non-hydrogen) atoms. The summed E-state index contributed by atoms with van der Waals surface area (Å²) in [5, 5.41) is 14.3. The van der Waals surface area contributed by atoms with Crippen LogP contribution in [0.2, 0.25) is 10.0 Å². The molecule has 4 nitrogen and oxygen atoms in total.